The van der Waals surface area contributed by atoms with Crippen molar-refractivity contribution < 1.29 is 14.0 Å². The van der Waals surface area contributed by atoms with Gasteiger partial charge in [-0.2, -0.15) is 0 Å². The molecule has 0 bridgehead atoms. The van der Waals surface area contributed by atoms with Crippen molar-refractivity contribution >= 4 is 11.7 Å². The Bertz CT molecular complexity index is 806. The summed E-state index contributed by atoms with van der Waals surface area (Å²) in [5.74, 6) is 1.12. The number of nitrogens with zero attached hydrogens (tertiary/aromatic N) is 2. The zero-order valence-corrected chi connectivity index (χ0v) is 15.7. The summed E-state index contributed by atoms with van der Waals surface area (Å²) < 4.78 is 5.59. The first-order chi connectivity index (χ1) is 13.2. The number of carbonyl (C=O) groups excluding carboxylic acids is 2. The Balaban J connectivity index is 1.60. The van der Waals surface area contributed by atoms with Gasteiger partial charge in [0.1, 0.15) is 12.0 Å². The normalized spacial score (nSPS) is 17.6. The summed E-state index contributed by atoms with van der Waals surface area (Å²) in [6.07, 6.45) is 11.3. The third-order valence-corrected chi connectivity index (χ3v) is 5.75. The van der Waals surface area contributed by atoms with Crippen molar-refractivity contribution in [3.63, 3.8) is 0 Å². The standard InChI is InChI=1S/C22H26N2O3/c25-19-10-6-11-20-21(19)18(15-27-20)22(26)24(13-16-7-2-1-3-8-16)14-17-9-4-5-12-23-17/h4-5,9,12,15-16H,1-3,6-8,10-11,13-14H2. The van der Waals surface area contributed by atoms with Crippen LogP contribution in [0.15, 0.2) is 35.1 Å². The molecule has 2 aromatic rings. The molecule has 0 aromatic carbocycles. The van der Waals surface area contributed by atoms with E-state index in [0.717, 1.165) is 31.4 Å². The van der Waals surface area contributed by atoms with Crippen molar-refractivity contribution in [1.82, 2.24) is 9.88 Å². The van der Waals surface area contributed by atoms with E-state index in [-0.39, 0.29) is 11.7 Å². The van der Waals surface area contributed by atoms with Gasteiger partial charge >= 0.3 is 0 Å². The van der Waals surface area contributed by atoms with E-state index in [4.69, 9.17) is 4.42 Å². The molecule has 2 aromatic heterocycles. The number of carbonyl (C=O) groups is 2. The van der Waals surface area contributed by atoms with Gasteiger partial charge in [-0.05, 0) is 37.3 Å². The predicted octanol–water partition coefficient (Wildman–Crippen LogP) is 4.42. The van der Waals surface area contributed by atoms with E-state index in [1.165, 1.54) is 25.5 Å². The fourth-order valence-corrected chi connectivity index (χ4v) is 4.34. The van der Waals surface area contributed by atoms with Crippen molar-refractivity contribution in [2.24, 2.45) is 5.92 Å². The molecule has 142 valence electrons. The molecule has 5 heteroatoms. The maximum Gasteiger partial charge on any atom is 0.258 e. The van der Waals surface area contributed by atoms with Crippen molar-refractivity contribution in [2.75, 3.05) is 6.54 Å². The smallest absolute Gasteiger partial charge is 0.258 e. The average Bonchev–Trinajstić information content (AvgIpc) is 3.14. The van der Waals surface area contributed by atoms with Gasteiger partial charge in [0.05, 0.1) is 23.4 Å². The van der Waals surface area contributed by atoms with Gasteiger partial charge in [0.15, 0.2) is 5.78 Å². The van der Waals surface area contributed by atoms with Gasteiger partial charge in [-0.25, -0.2) is 0 Å². The maximum atomic E-state index is 13.4. The highest BCUT2D eigenvalue weighted by atomic mass is 16.3. The molecule has 2 aliphatic rings. The lowest BCUT2D eigenvalue weighted by Gasteiger charge is -2.29. The lowest BCUT2D eigenvalue weighted by atomic mass is 9.88. The van der Waals surface area contributed by atoms with Crippen LogP contribution in [0.1, 0.15) is 77.1 Å². The number of ketones is 1. The van der Waals surface area contributed by atoms with E-state index >= 15 is 0 Å². The van der Waals surface area contributed by atoms with E-state index < -0.39 is 0 Å². The molecule has 5 nitrogen and oxygen atoms in total. The topological polar surface area (TPSA) is 63.4 Å². The number of aryl methyl sites for hydroxylation is 1. The fourth-order valence-electron chi connectivity index (χ4n) is 4.34. The first kappa shape index (κ1) is 18.0. The van der Waals surface area contributed by atoms with Crippen molar-refractivity contribution in [3.05, 3.63) is 53.2 Å². The van der Waals surface area contributed by atoms with Gasteiger partial charge in [0, 0.05) is 25.6 Å². The highest BCUT2D eigenvalue weighted by Gasteiger charge is 2.31. The first-order valence-corrected chi connectivity index (χ1v) is 10.0. The van der Waals surface area contributed by atoms with Crippen LogP contribution in [0.2, 0.25) is 0 Å². The van der Waals surface area contributed by atoms with Crippen LogP contribution < -0.4 is 0 Å². The lowest BCUT2D eigenvalue weighted by Crippen LogP contribution is -2.36. The zero-order chi connectivity index (χ0) is 18.6. The Labute approximate surface area is 159 Å². The molecule has 2 heterocycles. The number of pyridine rings is 1. The van der Waals surface area contributed by atoms with Gasteiger partial charge in [-0.3, -0.25) is 14.6 Å². The highest BCUT2D eigenvalue weighted by molar-refractivity contribution is 6.09. The Morgan fingerprint density at radius 2 is 2.00 bits per heavy atom. The van der Waals surface area contributed by atoms with Crippen LogP contribution in [-0.4, -0.2) is 28.1 Å². The van der Waals surface area contributed by atoms with Gasteiger partial charge in [-0.1, -0.05) is 25.3 Å². The lowest BCUT2D eigenvalue weighted by molar-refractivity contribution is 0.0691. The number of hydrogen-bond acceptors (Lipinski definition) is 4. The summed E-state index contributed by atoms with van der Waals surface area (Å²) in [4.78, 5) is 32.0. The molecule has 0 unspecified atom stereocenters. The summed E-state index contributed by atoms with van der Waals surface area (Å²) in [6.45, 7) is 1.17. The van der Waals surface area contributed by atoms with E-state index in [9.17, 15) is 9.59 Å². The molecule has 2 aliphatic carbocycles. The summed E-state index contributed by atoms with van der Waals surface area (Å²) in [6, 6.07) is 5.76. The SMILES string of the molecule is O=C1CCCc2occ(C(=O)N(Cc3ccccn3)CC3CCCCC3)c21. The van der Waals surface area contributed by atoms with Crippen LogP contribution in [-0.2, 0) is 13.0 Å². The van der Waals surface area contributed by atoms with Gasteiger partial charge in [0.2, 0.25) is 0 Å². The molecule has 0 atom stereocenters. The average molecular weight is 366 g/mol. The van der Waals surface area contributed by atoms with E-state index in [2.05, 4.69) is 4.98 Å². The number of furan rings is 1. The number of aromatic nitrogens is 1. The molecule has 0 N–H and O–H groups in total. The Hall–Kier alpha value is -2.43. The summed E-state index contributed by atoms with van der Waals surface area (Å²) in [5, 5.41) is 0. The minimum Gasteiger partial charge on any atom is -0.468 e. The minimum absolute atomic E-state index is 0.0313. The second kappa shape index (κ2) is 8.07. The molecule has 1 fully saturated rings. The van der Waals surface area contributed by atoms with Crippen LogP contribution in [0.3, 0.4) is 0 Å². The zero-order valence-electron chi connectivity index (χ0n) is 15.7. The Morgan fingerprint density at radius 3 is 2.78 bits per heavy atom. The third-order valence-electron chi connectivity index (χ3n) is 5.75. The number of rotatable bonds is 5. The van der Waals surface area contributed by atoms with Crippen LogP contribution in [0.5, 0.6) is 0 Å². The number of amides is 1. The quantitative estimate of drug-likeness (QED) is 0.786. The molecule has 0 saturated heterocycles. The van der Waals surface area contributed by atoms with E-state index in [1.807, 2.05) is 23.1 Å². The second-order valence-electron chi connectivity index (χ2n) is 7.74. The predicted molar refractivity (Wildman–Crippen MR) is 102 cm³/mol. The highest BCUT2D eigenvalue weighted by Crippen LogP contribution is 2.29. The van der Waals surface area contributed by atoms with Crippen molar-refractivity contribution in [1.29, 1.82) is 0 Å². The maximum absolute atomic E-state index is 13.4. The number of fused-ring (bicyclic) bond motifs is 1. The molecule has 1 amide bonds. The van der Waals surface area contributed by atoms with Crippen LogP contribution in [0.25, 0.3) is 0 Å². The Kier molecular flexibility index (Phi) is 5.37. The van der Waals surface area contributed by atoms with Crippen LogP contribution in [0, 0.1) is 5.92 Å². The van der Waals surface area contributed by atoms with Gasteiger partial charge in [-0.15, -0.1) is 0 Å². The second-order valence-corrected chi connectivity index (χ2v) is 7.74. The summed E-state index contributed by atoms with van der Waals surface area (Å²) in [5.41, 5.74) is 1.81. The molecular weight excluding hydrogens is 340 g/mol. The molecule has 4 rings (SSSR count). The fraction of sp³-hybridized carbons (Fsp3) is 0.500. The molecule has 0 radical (unpaired) electrons. The third kappa shape index (κ3) is 3.97. The molecule has 1 saturated carbocycles. The van der Waals surface area contributed by atoms with Crippen molar-refractivity contribution in [2.45, 2.75) is 57.9 Å². The summed E-state index contributed by atoms with van der Waals surface area (Å²) >= 11 is 0. The molecule has 0 spiro atoms. The monoisotopic (exact) mass is 366 g/mol. The number of hydrogen-bond donors (Lipinski definition) is 0. The minimum atomic E-state index is -0.105. The number of Topliss-reactive ketones (excluding diaryl/α,β-unsaturated/α-hetero) is 1. The van der Waals surface area contributed by atoms with Crippen LogP contribution in [0.4, 0.5) is 0 Å². The van der Waals surface area contributed by atoms with E-state index in [0.29, 0.717) is 42.3 Å². The van der Waals surface area contributed by atoms with Gasteiger partial charge < -0.3 is 9.32 Å². The largest absolute Gasteiger partial charge is 0.468 e. The van der Waals surface area contributed by atoms with Gasteiger partial charge in [0.25, 0.3) is 5.91 Å². The Morgan fingerprint density at radius 1 is 1.15 bits per heavy atom. The van der Waals surface area contributed by atoms with E-state index in [1.54, 1.807) is 6.20 Å². The molecule has 27 heavy (non-hydrogen) atoms. The molecular formula is C22H26N2O3. The first-order valence-electron chi connectivity index (χ1n) is 10.0. The van der Waals surface area contributed by atoms with Crippen molar-refractivity contribution in [3.8, 4) is 0 Å². The molecule has 0 aliphatic heterocycles. The summed E-state index contributed by atoms with van der Waals surface area (Å²) in [7, 11) is 0. The van der Waals surface area contributed by atoms with Crippen LogP contribution >= 0.6 is 0 Å².